The van der Waals surface area contributed by atoms with Crippen molar-refractivity contribution in [3.05, 3.63) is 32.3 Å². The highest BCUT2D eigenvalue weighted by molar-refractivity contribution is 6.44. The largest absolute Gasteiger partial charge is 0.290 e. The molecule has 0 bridgehead atoms. The van der Waals surface area contributed by atoms with Crippen molar-refractivity contribution in [2.75, 3.05) is 0 Å². The van der Waals surface area contributed by atoms with Gasteiger partial charge in [-0.15, -0.1) is 0 Å². The highest BCUT2D eigenvalue weighted by atomic mass is 35.5. The normalized spacial score (nSPS) is 9.87. The van der Waals surface area contributed by atoms with Crippen molar-refractivity contribution in [3.63, 3.8) is 0 Å². The quantitative estimate of drug-likeness (QED) is 0.486. The molecule has 4 nitrogen and oxygen atoms in total. The number of benzene rings is 1. The molecule has 0 unspecified atom stereocenters. The summed E-state index contributed by atoms with van der Waals surface area (Å²) >= 11 is 17.1. The molecule has 1 aromatic rings. The van der Waals surface area contributed by atoms with Crippen LogP contribution in [0.25, 0.3) is 0 Å². The number of hydrogen-bond acceptors (Lipinski definition) is 3. The maximum Gasteiger partial charge on any atom is 0.268 e. The number of nitrogens with one attached hydrogen (secondary N) is 1. The third-order valence-electron chi connectivity index (χ3n) is 1.63. The minimum Gasteiger partial charge on any atom is -0.290 e. The van der Waals surface area contributed by atoms with E-state index in [9.17, 15) is 9.59 Å². The first-order valence-corrected chi connectivity index (χ1v) is 4.73. The second-order valence-corrected chi connectivity index (χ2v) is 3.67. The van der Waals surface area contributed by atoms with Crippen LogP contribution in [0.5, 0.6) is 0 Å². The number of nitrogen functional groups attached to an aromatic ring is 1. The number of halogens is 3. The van der Waals surface area contributed by atoms with Gasteiger partial charge in [0.1, 0.15) is 0 Å². The van der Waals surface area contributed by atoms with Crippen LogP contribution in [0, 0.1) is 0 Å². The monoisotopic (exact) mass is 265 g/mol. The summed E-state index contributed by atoms with van der Waals surface area (Å²) in [6.07, 6.45) is 1.52. The lowest BCUT2D eigenvalue weighted by Crippen LogP contribution is -2.30. The van der Waals surface area contributed by atoms with Gasteiger partial charge in [-0.1, -0.05) is 34.8 Å². The molecule has 0 aromatic heterocycles. The Hall–Kier alpha value is -0.810. The van der Waals surface area contributed by atoms with E-state index >= 15 is 0 Å². The topological polar surface area (TPSA) is 72.2 Å². The molecule has 79 valence electrons. The molecule has 1 radical (unpaired) electrons. The SMILES string of the molecule is NNC(=O)c1c(Cl)cc(Cl)c([C]=O)c1Cl. The lowest BCUT2D eigenvalue weighted by Gasteiger charge is -2.08. The fraction of sp³-hybridized carbons (Fsp3) is 0. The van der Waals surface area contributed by atoms with E-state index in [4.69, 9.17) is 40.6 Å². The van der Waals surface area contributed by atoms with E-state index < -0.39 is 5.91 Å². The summed E-state index contributed by atoms with van der Waals surface area (Å²) in [6, 6.07) is 1.22. The molecule has 0 spiro atoms. The van der Waals surface area contributed by atoms with Crippen molar-refractivity contribution in [1.82, 2.24) is 5.43 Å². The van der Waals surface area contributed by atoms with E-state index in [1.807, 2.05) is 5.43 Å². The Kier molecular flexibility index (Phi) is 3.93. The molecule has 0 saturated carbocycles. The van der Waals surface area contributed by atoms with Gasteiger partial charge in [0.15, 0.2) is 0 Å². The first kappa shape index (κ1) is 12.3. The highest BCUT2D eigenvalue weighted by Crippen LogP contribution is 2.32. The smallest absolute Gasteiger partial charge is 0.268 e. The first-order valence-electron chi connectivity index (χ1n) is 3.59. The molecular formula is C8H4Cl3N2O2. The molecule has 1 rings (SSSR count). The van der Waals surface area contributed by atoms with Crippen LogP contribution in [0.4, 0.5) is 0 Å². The van der Waals surface area contributed by atoms with Gasteiger partial charge >= 0.3 is 0 Å². The van der Waals surface area contributed by atoms with Gasteiger partial charge in [-0.3, -0.25) is 15.0 Å². The molecule has 7 heteroatoms. The van der Waals surface area contributed by atoms with Gasteiger partial charge in [-0.2, -0.15) is 0 Å². The van der Waals surface area contributed by atoms with Gasteiger partial charge < -0.3 is 0 Å². The van der Waals surface area contributed by atoms with Gasteiger partial charge in [-0.05, 0) is 6.07 Å². The van der Waals surface area contributed by atoms with E-state index in [0.29, 0.717) is 0 Å². The Morgan fingerprint density at radius 2 is 1.93 bits per heavy atom. The Morgan fingerprint density at radius 3 is 2.40 bits per heavy atom. The van der Waals surface area contributed by atoms with Gasteiger partial charge in [0.25, 0.3) is 5.91 Å². The van der Waals surface area contributed by atoms with E-state index in [2.05, 4.69) is 0 Å². The van der Waals surface area contributed by atoms with E-state index in [-0.39, 0.29) is 26.2 Å². The summed E-state index contributed by atoms with van der Waals surface area (Å²) in [5.74, 6) is 4.21. The molecule has 0 fully saturated rings. The van der Waals surface area contributed by atoms with E-state index in [0.717, 1.165) is 0 Å². The Balaban J connectivity index is 3.52. The minimum atomic E-state index is -0.710. The van der Waals surface area contributed by atoms with Crippen LogP contribution < -0.4 is 11.3 Å². The average Bonchev–Trinajstić information content (AvgIpc) is 2.17. The molecule has 15 heavy (non-hydrogen) atoms. The summed E-state index contributed by atoms with van der Waals surface area (Å²) < 4.78 is 0. The molecular weight excluding hydrogens is 262 g/mol. The summed E-state index contributed by atoms with van der Waals surface area (Å²) in [5, 5.41) is -0.147. The van der Waals surface area contributed by atoms with Crippen molar-refractivity contribution < 1.29 is 9.59 Å². The summed E-state index contributed by atoms with van der Waals surface area (Å²) in [4.78, 5) is 21.8. The molecule has 0 atom stereocenters. The third-order valence-corrected chi connectivity index (χ3v) is 2.60. The summed E-state index contributed by atoms with van der Waals surface area (Å²) in [7, 11) is 0. The Labute approximate surface area is 100 Å². The van der Waals surface area contributed by atoms with Crippen LogP contribution in [0.1, 0.15) is 15.9 Å². The number of hydrazine groups is 1. The number of amides is 1. The van der Waals surface area contributed by atoms with Gasteiger partial charge in [-0.25, -0.2) is 5.84 Å². The number of carbonyl (C=O) groups excluding carboxylic acids is 2. The van der Waals surface area contributed by atoms with Crippen LogP contribution in [0.2, 0.25) is 15.1 Å². The molecule has 1 aromatic carbocycles. The van der Waals surface area contributed by atoms with Gasteiger partial charge in [0, 0.05) is 0 Å². The maximum absolute atomic E-state index is 11.3. The highest BCUT2D eigenvalue weighted by Gasteiger charge is 2.20. The maximum atomic E-state index is 11.3. The van der Waals surface area contributed by atoms with Gasteiger partial charge in [0.2, 0.25) is 6.29 Å². The second-order valence-electron chi connectivity index (χ2n) is 2.48. The van der Waals surface area contributed by atoms with E-state index in [1.165, 1.54) is 12.4 Å². The molecule has 0 heterocycles. The van der Waals surface area contributed by atoms with Crippen molar-refractivity contribution in [3.8, 4) is 0 Å². The van der Waals surface area contributed by atoms with Crippen molar-refractivity contribution in [1.29, 1.82) is 0 Å². The fourth-order valence-electron chi connectivity index (χ4n) is 0.964. The molecule has 1 amide bonds. The Morgan fingerprint density at radius 1 is 1.33 bits per heavy atom. The number of nitrogens with two attached hydrogens (primary N) is 1. The molecule has 0 aliphatic carbocycles. The molecule has 3 N–H and O–H groups in total. The zero-order chi connectivity index (χ0) is 11.6. The van der Waals surface area contributed by atoms with Crippen molar-refractivity contribution in [2.24, 2.45) is 5.84 Å². The molecule has 0 saturated heterocycles. The lowest BCUT2D eigenvalue weighted by atomic mass is 10.1. The summed E-state index contributed by atoms with van der Waals surface area (Å²) in [6.45, 7) is 0. The fourth-order valence-corrected chi connectivity index (χ4v) is 1.98. The predicted molar refractivity (Wildman–Crippen MR) is 57.9 cm³/mol. The predicted octanol–water partition coefficient (Wildman–Crippen LogP) is 1.71. The van der Waals surface area contributed by atoms with Crippen LogP contribution in [-0.4, -0.2) is 12.2 Å². The standard InChI is InChI=1S/C8H4Cl3N2O2/c9-4-1-5(10)6(8(15)13-12)7(11)3(4)2-14/h1H,12H2,(H,13,15). The number of rotatable bonds is 2. The zero-order valence-corrected chi connectivity index (χ0v) is 9.37. The van der Waals surface area contributed by atoms with Crippen molar-refractivity contribution in [2.45, 2.75) is 0 Å². The minimum absolute atomic E-state index is 0.00644. The third kappa shape index (κ3) is 2.23. The van der Waals surface area contributed by atoms with Gasteiger partial charge in [0.05, 0.1) is 26.2 Å². The van der Waals surface area contributed by atoms with E-state index in [1.54, 1.807) is 0 Å². The lowest BCUT2D eigenvalue weighted by molar-refractivity contribution is 0.0954. The van der Waals surface area contributed by atoms with Crippen LogP contribution in [0.15, 0.2) is 6.07 Å². The number of hydrogen-bond donors (Lipinski definition) is 2. The van der Waals surface area contributed by atoms with Crippen molar-refractivity contribution >= 4 is 47.0 Å². The zero-order valence-electron chi connectivity index (χ0n) is 7.11. The van der Waals surface area contributed by atoms with Crippen LogP contribution >= 0.6 is 34.8 Å². The number of carbonyl (C=O) groups is 1. The molecule has 0 aliphatic heterocycles. The summed E-state index contributed by atoms with van der Waals surface area (Å²) in [5.41, 5.74) is 1.62. The van der Waals surface area contributed by atoms with Crippen LogP contribution in [0.3, 0.4) is 0 Å². The molecule has 0 aliphatic rings. The second kappa shape index (κ2) is 4.81. The Bertz CT molecular complexity index is 434. The average molecular weight is 266 g/mol. The van der Waals surface area contributed by atoms with Crippen LogP contribution in [-0.2, 0) is 4.79 Å². The first-order chi connectivity index (χ1) is 7.02.